The van der Waals surface area contributed by atoms with Gasteiger partial charge >= 0.3 is 0 Å². The van der Waals surface area contributed by atoms with Gasteiger partial charge in [-0.1, -0.05) is 11.6 Å². The molecule has 5 N–H and O–H groups in total. The molecule has 13 aromatic rings. The van der Waals surface area contributed by atoms with Gasteiger partial charge in [-0.15, -0.1) is 0 Å². The number of H-pyrrole nitrogens is 3. The third-order valence-electron chi connectivity index (χ3n) is 12.9. The highest BCUT2D eigenvalue weighted by molar-refractivity contribution is 6.35. The summed E-state index contributed by atoms with van der Waals surface area (Å²) in [5.41, 5.74) is 15.4. The second-order valence-electron chi connectivity index (χ2n) is 18.9. The van der Waals surface area contributed by atoms with Crippen LogP contribution in [-0.4, -0.2) is 80.6 Å². The first-order valence-electron chi connectivity index (χ1n) is 25.6. The molecule has 4 aromatic carbocycles. The van der Waals surface area contributed by atoms with Crippen molar-refractivity contribution >= 4 is 79.5 Å². The van der Waals surface area contributed by atoms with Gasteiger partial charge in [0.05, 0.1) is 35.6 Å². The molecular weight excluding hydrogens is 1130 g/mol. The second kappa shape index (κ2) is 25.6. The lowest BCUT2D eigenvalue weighted by atomic mass is 10.0. The molecule has 0 spiro atoms. The van der Waals surface area contributed by atoms with Crippen LogP contribution in [0, 0.1) is 52.9 Å². The molecule has 0 fully saturated rings. The largest absolute Gasteiger partial charge is 0.507 e. The Morgan fingerprint density at radius 2 is 0.833 bits per heavy atom. The third kappa shape index (κ3) is 13.3. The molecule has 0 unspecified atom stereocenters. The third-order valence-corrected chi connectivity index (χ3v) is 13.5. The number of halogens is 3. The molecule has 9 aromatic heterocycles. The van der Waals surface area contributed by atoms with Crippen LogP contribution in [0.1, 0.15) is 38.9 Å². The van der Waals surface area contributed by atoms with E-state index >= 15 is 0 Å². The molecule has 0 aliphatic heterocycles. The van der Waals surface area contributed by atoms with Gasteiger partial charge in [-0.2, -0.15) is 45.5 Å². The number of phenolic OH excluding ortho intramolecular Hbond substituents is 1. The molecule has 0 aliphatic rings. The number of aromatic hydroxyl groups is 1. The standard InChI is InChI=1S/C25H19N7O.C18H14ClN5O.C13H13NO.C5H2Cl2N4/c1-15-11-19(18-7-9-27-10-8-18)12-16(2)22(15)33-24-21-14-28-32-23(21)30-25(31-24)29-20-5-3-17(13-26)4-6-20;1-10-7-13(12-3-5-20-6-4-12)8-11(2)15(10)25-17-14-9-21-24-16(14)22-18(19)23-17;1-9-7-12(8-10(2)13(9)15)11-3-5-14-6-4-11;6-3-2-1-8-11-4(2)10-5(7)9-3/h3-12,14H,1-2H3,(H2,28,29,30,31,32);3-9H,1-2H3,(H,21,22,23,24);3-8,15H,1-2H3;1H,(H,8,9,10,11). The van der Waals surface area contributed by atoms with Crippen molar-refractivity contribution in [2.75, 3.05) is 5.32 Å². The number of nitrogens with zero attached hydrogens (tertiary/aromatic N) is 13. The zero-order chi connectivity index (χ0) is 58.9. The number of aromatic amines is 3. The minimum atomic E-state index is 0.107. The van der Waals surface area contributed by atoms with Crippen LogP contribution in [-0.2, 0) is 0 Å². The van der Waals surface area contributed by atoms with Crippen LogP contribution in [0.2, 0.25) is 15.7 Å². The monoisotopic (exact) mass is 1170 g/mol. The summed E-state index contributed by atoms with van der Waals surface area (Å²) in [6.07, 6.45) is 15.5. The zero-order valence-corrected chi connectivity index (χ0v) is 47.9. The maximum atomic E-state index is 9.67. The van der Waals surface area contributed by atoms with Crippen LogP contribution in [0.3, 0.4) is 0 Å². The van der Waals surface area contributed by atoms with Crippen molar-refractivity contribution in [3.63, 3.8) is 0 Å². The van der Waals surface area contributed by atoms with Crippen LogP contribution in [0.5, 0.6) is 29.0 Å². The second-order valence-corrected chi connectivity index (χ2v) is 19.9. The number of nitrogens with one attached hydrogen (secondary N) is 4. The van der Waals surface area contributed by atoms with E-state index in [2.05, 4.69) is 111 Å². The topological polar surface area (TPSA) is 277 Å². The van der Waals surface area contributed by atoms with Crippen molar-refractivity contribution in [2.24, 2.45) is 0 Å². The van der Waals surface area contributed by atoms with Gasteiger partial charge in [-0.05, 0) is 229 Å². The summed E-state index contributed by atoms with van der Waals surface area (Å²) in [5, 5.41) is 44.5. The lowest BCUT2D eigenvalue weighted by Gasteiger charge is -2.14. The van der Waals surface area contributed by atoms with Crippen LogP contribution < -0.4 is 14.8 Å². The first kappa shape index (κ1) is 56.8. The van der Waals surface area contributed by atoms with Crippen LogP contribution >= 0.6 is 34.8 Å². The Bertz CT molecular complexity index is 4430. The van der Waals surface area contributed by atoms with Crippen molar-refractivity contribution < 1.29 is 14.6 Å². The zero-order valence-electron chi connectivity index (χ0n) is 45.6. The predicted octanol–water partition coefficient (Wildman–Crippen LogP) is 14.6. The molecule has 84 heavy (non-hydrogen) atoms. The van der Waals surface area contributed by atoms with Gasteiger partial charge in [-0.3, -0.25) is 30.2 Å². The SMILES string of the molecule is Cc1cc(-c2ccncc2)cc(C)c1O.Cc1cc(-c2ccncc2)cc(C)c1Oc1nc(Cl)nc2[nH]ncc12.Cc1cc(-c2ccncc2)cc(C)c1Oc1nc(Nc2ccc(C#N)cc2)nc2[nH]ncc12.Clc1nc(Cl)c2cn[nH]c2n1. The summed E-state index contributed by atoms with van der Waals surface area (Å²) in [7, 11) is 0. The van der Waals surface area contributed by atoms with E-state index in [1.165, 1.54) is 0 Å². The number of ether oxygens (including phenoxy) is 2. The van der Waals surface area contributed by atoms with Gasteiger partial charge in [0, 0.05) is 42.9 Å². The Labute approximate surface area is 495 Å². The van der Waals surface area contributed by atoms with Gasteiger partial charge in [0.1, 0.15) is 33.2 Å². The smallest absolute Gasteiger partial charge is 0.235 e. The van der Waals surface area contributed by atoms with E-state index in [9.17, 15) is 5.11 Å². The number of pyridine rings is 3. The van der Waals surface area contributed by atoms with E-state index < -0.39 is 0 Å². The number of benzene rings is 4. The fourth-order valence-electron chi connectivity index (χ4n) is 8.84. The highest BCUT2D eigenvalue weighted by atomic mass is 35.5. The Morgan fingerprint density at radius 3 is 1.27 bits per heavy atom. The fraction of sp³-hybridized carbons (Fsp3) is 0.0984. The molecule has 20 nitrogen and oxygen atoms in total. The summed E-state index contributed by atoms with van der Waals surface area (Å²) in [6, 6.07) is 33.3. The number of aromatic nitrogens is 15. The van der Waals surface area contributed by atoms with Gasteiger partial charge in [-0.25, -0.2) is 4.98 Å². The highest BCUT2D eigenvalue weighted by Crippen LogP contribution is 2.37. The molecule has 23 heteroatoms. The van der Waals surface area contributed by atoms with E-state index in [1.54, 1.807) is 80.0 Å². The van der Waals surface area contributed by atoms with Crippen LogP contribution in [0.4, 0.5) is 11.6 Å². The maximum Gasteiger partial charge on any atom is 0.235 e. The average molecular weight is 1170 g/mol. The molecular formula is C61H48Cl3N17O3. The maximum absolute atomic E-state index is 9.67. The summed E-state index contributed by atoms with van der Waals surface area (Å²) >= 11 is 17.2. The molecule has 0 saturated heterocycles. The quantitative estimate of drug-likeness (QED) is 0.0663. The lowest BCUT2D eigenvalue weighted by molar-refractivity contribution is 0.461. The minimum absolute atomic E-state index is 0.107. The number of fused-ring (bicyclic) bond motifs is 3. The van der Waals surface area contributed by atoms with Gasteiger partial charge in [0.2, 0.25) is 28.3 Å². The number of aryl methyl sites for hydroxylation is 6. The normalized spacial score (nSPS) is 10.7. The molecule has 0 aliphatic carbocycles. The van der Waals surface area contributed by atoms with Crippen LogP contribution in [0.15, 0.2) is 153 Å². The lowest BCUT2D eigenvalue weighted by Crippen LogP contribution is -2.01. The number of rotatable bonds is 9. The number of anilines is 2. The predicted molar refractivity (Wildman–Crippen MR) is 324 cm³/mol. The Morgan fingerprint density at radius 1 is 0.452 bits per heavy atom. The number of phenols is 1. The first-order valence-corrected chi connectivity index (χ1v) is 26.8. The molecule has 9 heterocycles. The fourth-order valence-corrected chi connectivity index (χ4v) is 9.43. The summed E-state index contributed by atoms with van der Waals surface area (Å²) in [6.45, 7) is 11.8. The van der Waals surface area contributed by atoms with E-state index in [4.69, 9.17) is 49.5 Å². The molecule has 0 atom stereocenters. The van der Waals surface area contributed by atoms with E-state index in [1.807, 2.05) is 90.1 Å². The van der Waals surface area contributed by atoms with Crippen molar-refractivity contribution in [2.45, 2.75) is 41.5 Å². The Hall–Kier alpha value is -10.5. The summed E-state index contributed by atoms with van der Waals surface area (Å²) in [4.78, 5) is 37.1. The average Bonchev–Trinajstić information content (AvgIpc) is 4.24. The van der Waals surface area contributed by atoms with Crippen molar-refractivity contribution in [1.82, 2.24) is 75.4 Å². The number of nitriles is 1. The van der Waals surface area contributed by atoms with Crippen molar-refractivity contribution in [3.05, 3.63) is 207 Å². The molecule has 416 valence electrons. The number of hydrogen-bond acceptors (Lipinski definition) is 17. The molecule has 0 saturated carbocycles. The Kier molecular flexibility index (Phi) is 17.3. The van der Waals surface area contributed by atoms with E-state index in [0.29, 0.717) is 67.3 Å². The highest BCUT2D eigenvalue weighted by Gasteiger charge is 2.18. The van der Waals surface area contributed by atoms with Crippen molar-refractivity contribution in [3.8, 4) is 68.5 Å². The molecule has 0 bridgehead atoms. The first-order chi connectivity index (χ1) is 40.7. The van der Waals surface area contributed by atoms with Crippen LogP contribution in [0.25, 0.3) is 66.5 Å². The minimum Gasteiger partial charge on any atom is -0.507 e. The number of hydrogen-bond donors (Lipinski definition) is 5. The molecule has 0 amide bonds. The summed E-state index contributed by atoms with van der Waals surface area (Å²) < 4.78 is 12.4. The molecule has 0 radical (unpaired) electrons. The molecule has 13 rings (SSSR count). The van der Waals surface area contributed by atoms with E-state index in [0.717, 1.165) is 83.9 Å². The van der Waals surface area contributed by atoms with Gasteiger partial charge in [0.15, 0.2) is 16.9 Å². The van der Waals surface area contributed by atoms with Crippen molar-refractivity contribution in [1.29, 1.82) is 5.26 Å². The van der Waals surface area contributed by atoms with Gasteiger partial charge < -0.3 is 19.9 Å². The summed E-state index contributed by atoms with van der Waals surface area (Å²) in [5.74, 6) is 3.00. The van der Waals surface area contributed by atoms with Gasteiger partial charge in [0.25, 0.3) is 0 Å². The van der Waals surface area contributed by atoms with E-state index in [-0.39, 0.29) is 10.6 Å². The Balaban J connectivity index is 0.000000135.